The molecule has 1 saturated carbocycles. The number of hydrogen-bond acceptors (Lipinski definition) is 4. The van der Waals surface area contributed by atoms with Crippen molar-refractivity contribution in [3.8, 4) is 11.3 Å². The normalized spacial score (nSPS) is 14.8. The SMILES string of the molecule is NC(=O)c1cc(-c2csc(NC(=O)C3(c4ccc(Cl)cc4)CC3)n2)c[nH]1. The Morgan fingerprint density at radius 1 is 1.27 bits per heavy atom. The molecular weight excluding hydrogens is 372 g/mol. The van der Waals surface area contributed by atoms with Crippen LogP contribution in [0.15, 0.2) is 41.9 Å². The lowest BCUT2D eigenvalue weighted by molar-refractivity contribution is -0.118. The Morgan fingerprint density at radius 3 is 2.62 bits per heavy atom. The number of carbonyl (C=O) groups excluding carboxylic acids is 2. The van der Waals surface area contributed by atoms with E-state index in [1.165, 1.54) is 11.3 Å². The average molecular weight is 387 g/mol. The zero-order valence-electron chi connectivity index (χ0n) is 13.6. The molecule has 0 unspecified atom stereocenters. The van der Waals surface area contributed by atoms with Crippen molar-refractivity contribution in [2.24, 2.45) is 5.73 Å². The number of H-pyrrole nitrogens is 1. The summed E-state index contributed by atoms with van der Waals surface area (Å²) < 4.78 is 0. The van der Waals surface area contributed by atoms with Gasteiger partial charge in [-0.25, -0.2) is 4.98 Å². The van der Waals surface area contributed by atoms with E-state index >= 15 is 0 Å². The van der Waals surface area contributed by atoms with Crippen LogP contribution in [0.5, 0.6) is 0 Å². The molecular formula is C18H15ClN4O2S. The van der Waals surface area contributed by atoms with E-state index in [1.54, 1.807) is 24.4 Å². The molecule has 0 atom stereocenters. The molecule has 2 amide bonds. The van der Waals surface area contributed by atoms with Crippen LogP contribution >= 0.6 is 22.9 Å². The van der Waals surface area contributed by atoms with Crippen LogP contribution in [0.1, 0.15) is 28.9 Å². The number of halogens is 1. The number of nitrogens with two attached hydrogens (primary N) is 1. The lowest BCUT2D eigenvalue weighted by Crippen LogP contribution is -2.27. The van der Waals surface area contributed by atoms with E-state index in [2.05, 4.69) is 15.3 Å². The van der Waals surface area contributed by atoms with Crippen LogP contribution in [0, 0.1) is 0 Å². The fraction of sp³-hybridized carbons (Fsp3) is 0.167. The Balaban J connectivity index is 1.51. The standard InChI is InChI=1S/C18H15ClN4O2S/c19-12-3-1-11(2-4-12)18(5-6-18)16(25)23-17-22-14(9-26-17)10-7-13(15(20)24)21-8-10/h1-4,7-9,21H,5-6H2,(H2,20,24)(H,22,23,25). The summed E-state index contributed by atoms with van der Waals surface area (Å²) in [4.78, 5) is 31.2. The second kappa shape index (κ2) is 6.26. The number of nitrogens with zero attached hydrogens (tertiary/aromatic N) is 1. The molecule has 0 bridgehead atoms. The van der Waals surface area contributed by atoms with Crippen molar-refractivity contribution in [2.45, 2.75) is 18.3 Å². The first-order valence-electron chi connectivity index (χ1n) is 7.99. The highest BCUT2D eigenvalue weighted by Gasteiger charge is 2.51. The summed E-state index contributed by atoms with van der Waals surface area (Å²) in [5.74, 6) is -0.591. The number of carbonyl (C=O) groups is 2. The largest absolute Gasteiger partial charge is 0.364 e. The fourth-order valence-electron chi connectivity index (χ4n) is 2.91. The average Bonchev–Trinajstić information content (AvgIpc) is 3.05. The Kier molecular flexibility index (Phi) is 4.05. The Bertz CT molecular complexity index is 989. The van der Waals surface area contributed by atoms with E-state index in [4.69, 9.17) is 17.3 Å². The van der Waals surface area contributed by atoms with Gasteiger partial charge in [0, 0.05) is 22.2 Å². The Hall–Kier alpha value is -2.64. The first-order chi connectivity index (χ1) is 12.5. The molecule has 4 N–H and O–H groups in total. The van der Waals surface area contributed by atoms with Crippen molar-refractivity contribution in [1.82, 2.24) is 9.97 Å². The third-order valence-corrected chi connectivity index (χ3v) is 5.56. The quantitative estimate of drug-likeness (QED) is 0.624. The molecule has 1 aromatic carbocycles. The van der Waals surface area contributed by atoms with Gasteiger partial charge in [-0.3, -0.25) is 9.59 Å². The van der Waals surface area contributed by atoms with Crippen LogP contribution in [0.4, 0.5) is 5.13 Å². The van der Waals surface area contributed by atoms with E-state index in [-0.39, 0.29) is 5.91 Å². The summed E-state index contributed by atoms with van der Waals surface area (Å²) in [5, 5.41) is 5.91. The number of benzene rings is 1. The first kappa shape index (κ1) is 16.8. The molecule has 26 heavy (non-hydrogen) atoms. The predicted molar refractivity (Wildman–Crippen MR) is 101 cm³/mol. The highest BCUT2D eigenvalue weighted by Crippen LogP contribution is 2.49. The van der Waals surface area contributed by atoms with Gasteiger partial charge in [0.05, 0.1) is 11.1 Å². The van der Waals surface area contributed by atoms with Gasteiger partial charge in [-0.15, -0.1) is 11.3 Å². The van der Waals surface area contributed by atoms with Crippen LogP contribution in [-0.2, 0) is 10.2 Å². The van der Waals surface area contributed by atoms with Crippen LogP contribution in [0.3, 0.4) is 0 Å². The first-order valence-corrected chi connectivity index (χ1v) is 9.25. The molecule has 0 aliphatic heterocycles. The smallest absolute Gasteiger partial charge is 0.265 e. The molecule has 0 spiro atoms. The number of aromatic amines is 1. The second-order valence-corrected chi connectivity index (χ2v) is 7.54. The topological polar surface area (TPSA) is 101 Å². The number of anilines is 1. The number of amides is 2. The summed E-state index contributed by atoms with van der Waals surface area (Å²) in [7, 11) is 0. The molecule has 4 rings (SSSR count). The molecule has 6 nitrogen and oxygen atoms in total. The second-order valence-electron chi connectivity index (χ2n) is 6.25. The van der Waals surface area contributed by atoms with Gasteiger partial charge in [-0.1, -0.05) is 23.7 Å². The summed E-state index contributed by atoms with van der Waals surface area (Å²) in [6.45, 7) is 0. The molecule has 2 heterocycles. The number of rotatable bonds is 5. The van der Waals surface area contributed by atoms with Crippen LogP contribution in [0.25, 0.3) is 11.3 Å². The van der Waals surface area contributed by atoms with Crippen LogP contribution in [-0.4, -0.2) is 21.8 Å². The molecule has 1 aliphatic rings. The molecule has 3 aromatic rings. The zero-order valence-corrected chi connectivity index (χ0v) is 15.2. The van der Waals surface area contributed by atoms with Crippen molar-refractivity contribution in [2.75, 3.05) is 5.32 Å². The lowest BCUT2D eigenvalue weighted by atomic mass is 9.95. The minimum absolute atomic E-state index is 0.0624. The molecule has 0 saturated heterocycles. The number of nitrogens with one attached hydrogen (secondary N) is 2. The predicted octanol–water partition coefficient (Wildman–Crippen LogP) is 3.56. The fourth-order valence-corrected chi connectivity index (χ4v) is 3.75. The van der Waals surface area contributed by atoms with E-state index in [0.29, 0.717) is 21.5 Å². The van der Waals surface area contributed by atoms with Gasteiger partial charge in [0.2, 0.25) is 5.91 Å². The highest BCUT2D eigenvalue weighted by molar-refractivity contribution is 7.14. The lowest BCUT2D eigenvalue weighted by Gasteiger charge is -2.14. The van der Waals surface area contributed by atoms with Gasteiger partial charge in [-0.05, 0) is 36.6 Å². The van der Waals surface area contributed by atoms with Crippen molar-refractivity contribution < 1.29 is 9.59 Å². The summed E-state index contributed by atoms with van der Waals surface area (Å²) in [6.07, 6.45) is 3.27. The monoisotopic (exact) mass is 386 g/mol. The minimum Gasteiger partial charge on any atom is -0.364 e. The molecule has 8 heteroatoms. The molecule has 2 aromatic heterocycles. The maximum atomic E-state index is 12.8. The van der Waals surface area contributed by atoms with Gasteiger partial charge in [-0.2, -0.15) is 0 Å². The minimum atomic E-state index is -0.529. The van der Waals surface area contributed by atoms with Gasteiger partial charge >= 0.3 is 0 Å². The van der Waals surface area contributed by atoms with Crippen molar-refractivity contribution >= 4 is 39.9 Å². The van der Waals surface area contributed by atoms with Gasteiger partial charge in [0.1, 0.15) is 5.69 Å². The van der Waals surface area contributed by atoms with E-state index in [1.807, 2.05) is 17.5 Å². The third-order valence-electron chi connectivity index (χ3n) is 4.55. The van der Waals surface area contributed by atoms with Crippen molar-refractivity contribution in [3.63, 3.8) is 0 Å². The number of thiazole rings is 1. The summed E-state index contributed by atoms with van der Waals surface area (Å²) >= 11 is 7.27. The molecule has 1 aliphatic carbocycles. The number of primary amides is 1. The van der Waals surface area contributed by atoms with E-state index in [9.17, 15) is 9.59 Å². The third kappa shape index (κ3) is 3.00. The Morgan fingerprint density at radius 2 is 2.00 bits per heavy atom. The van der Waals surface area contributed by atoms with Crippen molar-refractivity contribution in [1.29, 1.82) is 0 Å². The number of hydrogen-bond donors (Lipinski definition) is 3. The van der Waals surface area contributed by atoms with Crippen molar-refractivity contribution in [3.05, 3.63) is 58.2 Å². The number of aromatic nitrogens is 2. The van der Waals surface area contributed by atoms with Gasteiger partial charge in [0.25, 0.3) is 5.91 Å². The summed E-state index contributed by atoms with van der Waals surface area (Å²) in [6, 6.07) is 9.03. The Labute approximate surface area is 158 Å². The molecule has 132 valence electrons. The van der Waals surface area contributed by atoms with Crippen LogP contribution in [0.2, 0.25) is 5.02 Å². The van der Waals surface area contributed by atoms with Gasteiger partial charge < -0.3 is 16.0 Å². The molecule has 0 radical (unpaired) electrons. The van der Waals surface area contributed by atoms with E-state index in [0.717, 1.165) is 24.0 Å². The zero-order chi connectivity index (χ0) is 18.3. The van der Waals surface area contributed by atoms with Crippen LogP contribution < -0.4 is 11.1 Å². The summed E-state index contributed by atoms with van der Waals surface area (Å²) in [5.41, 5.74) is 7.45. The maximum absolute atomic E-state index is 12.8. The van der Waals surface area contributed by atoms with E-state index < -0.39 is 11.3 Å². The van der Waals surface area contributed by atoms with Gasteiger partial charge in [0.15, 0.2) is 5.13 Å². The maximum Gasteiger partial charge on any atom is 0.265 e. The molecule has 1 fully saturated rings. The highest BCUT2D eigenvalue weighted by atomic mass is 35.5.